The fourth-order valence-corrected chi connectivity index (χ4v) is 4.81. The number of hydrogen-bond donors (Lipinski definition) is 2. The van der Waals surface area contributed by atoms with Gasteiger partial charge in [-0.3, -0.25) is 4.79 Å². The molecule has 1 aliphatic heterocycles. The van der Waals surface area contributed by atoms with Crippen molar-refractivity contribution in [3.63, 3.8) is 0 Å². The lowest BCUT2D eigenvalue weighted by atomic mass is 9.92. The maximum absolute atomic E-state index is 13.8. The van der Waals surface area contributed by atoms with E-state index in [-0.39, 0.29) is 24.0 Å². The molecule has 2 heterocycles. The number of carboxylic acids is 1. The molecular weight excluding hydrogens is 437 g/mol. The smallest absolute Gasteiger partial charge is 0.353 e. The SMILES string of the molecule is CC(C)n1c(CCC2CC(O)CC(=O)O2)c(-c2ccc(F)cc2)c(-c2ccccc2)c1C(=O)O. The van der Waals surface area contributed by atoms with E-state index >= 15 is 0 Å². The molecular formula is C27H28FNO5. The number of cyclic esters (lactones) is 1. The zero-order valence-corrected chi connectivity index (χ0v) is 19.2. The molecule has 2 unspecified atom stereocenters. The number of esters is 1. The molecule has 0 spiro atoms. The van der Waals surface area contributed by atoms with Crippen LogP contribution in [0.3, 0.4) is 0 Å². The normalized spacial score (nSPS) is 18.2. The molecule has 0 amide bonds. The zero-order valence-electron chi connectivity index (χ0n) is 19.2. The molecule has 178 valence electrons. The summed E-state index contributed by atoms with van der Waals surface area (Å²) in [6.45, 7) is 3.84. The van der Waals surface area contributed by atoms with Gasteiger partial charge in [0.05, 0.1) is 12.5 Å². The van der Waals surface area contributed by atoms with Crippen LogP contribution in [0.5, 0.6) is 0 Å². The minimum Gasteiger partial charge on any atom is -0.477 e. The second kappa shape index (κ2) is 9.81. The molecule has 6 nitrogen and oxygen atoms in total. The number of carbonyl (C=O) groups is 2. The summed E-state index contributed by atoms with van der Waals surface area (Å²) in [5.74, 6) is -1.86. The molecule has 1 aliphatic rings. The Kier molecular flexibility index (Phi) is 6.84. The predicted octanol–water partition coefficient (Wildman–Crippen LogP) is 5.24. The third-order valence-corrected chi connectivity index (χ3v) is 6.16. The van der Waals surface area contributed by atoms with Crippen LogP contribution in [-0.2, 0) is 16.0 Å². The van der Waals surface area contributed by atoms with Gasteiger partial charge >= 0.3 is 11.9 Å². The van der Waals surface area contributed by atoms with E-state index in [1.165, 1.54) is 12.1 Å². The second-order valence-corrected chi connectivity index (χ2v) is 8.93. The van der Waals surface area contributed by atoms with Crippen LogP contribution >= 0.6 is 0 Å². The van der Waals surface area contributed by atoms with Gasteiger partial charge in [0.2, 0.25) is 0 Å². The molecule has 2 atom stereocenters. The largest absolute Gasteiger partial charge is 0.477 e. The number of hydrogen-bond acceptors (Lipinski definition) is 4. The predicted molar refractivity (Wildman–Crippen MR) is 126 cm³/mol. The second-order valence-electron chi connectivity index (χ2n) is 8.93. The summed E-state index contributed by atoms with van der Waals surface area (Å²) in [6.07, 6.45) is -0.0161. The number of carboxylic acid groups (broad SMARTS) is 1. The Bertz CT molecular complexity index is 1180. The first-order valence-corrected chi connectivity index (χ1v) is 11.5. The molecule has 1 fully saturated rings. The number of aromatic nitrogens is 1. The maximum atomic E-state index is 13.8. The lowest BCUT2D eigenvalue weighted by molar-refractivity contribution is -0.160. The third-order valence-electron chi connectivity index (χ3n) is 6.16. The van der Waals surface area contributed by atoms with Gasteiger partial charge in [0.1, 0.15) is 17.6 Å². The van der Waals surface area contributed by atoms with Crippen LogP contribution in [0.25, 0.3) is 22.3 Å². The molecule has 3 aromatic rings. The summed E-state index contributed by atoms with van der Waals surface area (Å²) in [5.41, 5.74) is 3.69. The maximum Gasteiger partial charge on any atom is 0.353 e. The van der Waals surface area contributed by atoms with Crippen molar-refractivity contribution in [2.75, 3.05) is 0 Å². The molecule has 2 N–H and O–H groups in total. The quantitative estimate of drug-likeness (QED) is 0.466. The molecule has 4 rings (SSSR count). The first-order chi connectivity index (χ1) is 16.3. The van der Waals surface area contributed by atoms with E-state index in [0.717, 1.165) is 16.8 Å². The van der Waals surface area contributed by atoms with Crippen molar-refractivity contribution in [2.45, 2.75) is 57.8 Å². The number of ether oxygens (including phenoxy) is 1. The topological polar surface area (TPSA) is 88.8 Å². The Balaban J connectivity index is 1.91. The number of rotatable bonds is 7. The summed E-state index contributed by atoms with van der Waals surface area (Å²) in [7, 11) is 0. The van der Waals surface area contributed by atoms with Gasteiger partial charge in [-0.05, 0) is 49.9 Å². The zero-order chi connectivity index (χ0) is 24.4. The highest BCUT2D eigenvalue weighted by Gasteiger charge is 2.32. The van der Waals surface area contributed by atoms with Crippen molar-refractivity contribution in [1.29, 1.82) is 0 Å². The lowest BCUT2D eigenvalue weighted by Gasteiger charge is -2.26. The first-order valence-electron chi connectivity index (χ1n) is 11.5. The van der Waals surface area contributed by atoms with E-state index in [2.05, 4.69) is 0 Å². The van der Waals surface area contributed by atoms with Crippen molar-refractivity contribution in [3.8, 4) is 22.3 Å². The van der Waals surface area contributed by atoms with Crippen LogP contribution < -0.4 is 0 Å². The molecule has 7 heteroatoms. The number of aliphatic hydroxyl groups is 1. The van der Waals surface area contributed by atoms with E-state index in [1.807, 2.05) is 48.7 Å². The van der Waals surface area contributed by atoms with Gasteiger partial charge in [0.15, 0.2) is 0 Å². The average molecular weight is 466 g/mol. The molecule has 0 aliphatic carbocycles. The molecule has 0 saturated carbocycles. The third kappa shape index (κ3) is 4.75. The fraction of sp³-hybridized carbons (Fsp3) is 0.333. The van der Waals surface area contributed by atoms with Gasteiger partial charge in [0.25, 0.3) is 0 Å². The van der Waals surface area contributed by atoms with E-state index < -0.39 is 24.1 Å². The van der Waals surface area contributed by atoms with Crippen molar-refractivity contribution in [2.24, 2.45) is 0 Å². The number of halogens is 1. The standard InChI is InChI=1S/C27H28FNO5/c1-16(2)29-22(13-12-21-14-20(30)15-23(31)34-21)24(18-8-10-19(28)11-9-18)25(26(29)27(32)33)17-6-4-3-5-7-17/h3-11,16,20-21,30H,12-15H2,1-2H3,(H,32,33). The molecule has 0 bridgehead atoms. The Morgan fingerprint density at radius 1 is 1.09 bits per heavy atom. The fourth-order valence-electron chi connectivity index (χ4n) is 4.81. The first kappa shape index (κ1) is 23.7. The highest BCUT2D eigenvalue weighted by molar-refractivity contribution is 6.02. The summed E-state index contributed by atoms with van der Waals surface area (Å²) >= 11 is 0. The highest BCUT2D eigenvalue weighted by Crippen LogP contribution is 2.42. The number of benzene rings is 2. The van der Waals surface area contributed by atoms with Crippen molar-refractivity contribution in [1.82, 2.24) is 4.57 Å². The minimum atomic E-state index is -1.05. The van der Waals surface area contributed by atoms with E-state index in [9.17, 15) is 24.2 Å². The average Bonchev–Trinajstić information content (AvgIpc) is 3.14. The van der Waals surface area contributed by atoms with Crippen LogP contribution in [-0.4, -0.2) is 38.9 Å². The molecule has 1 aromatic heterocycles. The summed E-state index contributed by atoms with van der Waals surface area (Å²) < 4.78 is 21.0. The van der Waals surface area contributed by atoms with E-state index in [4.69, 9.17) is 4.74 Å². The highest BCUT2D eigenvalue weighted by atomic mass is 19.1. The van der Waals surface area contributed by atoms with Gasteiger partial charge in [-0.1, -0.05) is 42.5 Å². The van der Waals surface area contributed by atoms with Crippen LogP contribution in [0, 0.1) is 5.82 Å². The van der Waals surface area contributed by atoms with Crippen molar-refractivity contribution < 1.29 is 28.9 Å². The number of aliphatic hydroxyl groups excluding tert-OH is 1. The Labute approximate surface area is 197 Å². The van der Waals surface area contributed by atoms with E-state index in [1.54, 1.807) is 12.1 Å². The summed E-state index contributed by atoms with van der Waals surface area (Å²) in [5, 5.41) is 20.3. The Morgan fingerprint density at radius 2 is 1.74 bits per heavy atom. The summed E-state index contributed by atoms with van der Waals surface area (Å²) in [6, 6.07) is 15.2. The van der Waals surface area contributed by atoms with Gasteiger partial charge in [0, 0.05) is 29.3 Å². The Hall–Kier alpha value is -3.45. The van der Waals surface area contributed by atoms with E-state index in [0.29, 0.717) is 30.4 Å². The minimum absolute atomic E-state index is 0.0129. The number of aromatic carboxylic acids is 1. The van der Waals surface area contributed by atoms with Gasteiger partial charge < -0.3 is 19.5 Å². The Morgan fingerprint density at radius 3 is 2.32 bits per heavy atom. The van der Waals surface area contributed by atoms with Crippen LogP contribution in [0.4, 0.5) is 4.39 Å². The summed E-state index contributed by atoms with van der Waals surface area (Å²) in [4.78, 5) is 24.4. The molecule has 0 radical (unpaired) electrons. The van der Waals surface area contributed by atoms with Gasteiger partial charge in [-0.2, -0.15) is 0 Å². The molecule has 2 aromatic carbocycles. The van der Waals surface area contributed by atoms with Crippen molar-refractivity contribution >= 4 is 11.9 Å². The molecule has 1 saturated heterocycles. The number of nitrogens with zero attached hydrogens (tertiary/aromatic N) is 1. The van der Waals surface area contributed by atoms with Gasteiger partial charge in [-0.15, -0.1) is 0 Å². The lowest BCUT2D eigenvalue weighted by Crippen LogP contribution is -2.33. The number of carbonyl (C=O) groups excluding carboxylic acids is 1. The monoisotopic (exact) mass is 465 g/mol. The van der Waals surface area contributed by atoms with Crippen LogP contribution in [0.2, 0.25) is 0 Å². The van der Waals surface area contributed by atoms with Crippen LogP contribution in [0.15, 0.2) is 54.6 Å². The molecule has 34 heavy (non-hydrogen) atoms. The van der Waals surface area contributed by atoms with Gasteiger partial charge in [-0.25, -0.2) is 9.18 Å². The van der Waals surface area contributed by atoms with Crippen molar-refractivity contribution in [3.05, 3.63) is 71.8 Å². The van der Waals surface area contributed by atoms with Crippen LogP contribution in [0.1, 0.15) is 55.3 Å².